The fourth-order valence-corrected chi connectivity index (χ4v) is 5.49. The first-order valence-electron chi connectivity index (χ1n) is 12.2. The lowest BCUT2D eigenvalue weighted by Gasteiger charge is -2.18. The molecule has 0 amide bonds. The number of anilines is 1. The lowest BCUT2D eigenvalue weighted by molar-refractivity contribution is -0.561. The van der Waals surface area contributed by atoms with Crippen LogP contribution in [0.3, 0.4) is 0 Å². The highest BCUT2D eigenvalue weighted by Crippen LogP contribution is 2.38. The molecule has 1 fully saturated rings. The fourth-order valence-electron chi connectivity index (χ4n) is 5.49. The Bertz CT molecular complexity index is 1380. The molecule has 0 radical (unpaired) electrons. The van der Waals surface area contributed by atoms with Gasteiger partial charge in [0.15, 0.2) is 11.7 Å². The quantitative estimate of drug-likeness (QED) is 0.440. The molecule has 6 rings (SSSR count). The van der Waals surface area contributed by atoms with Crippen molar-refractivity contribution in [2.75, 3.05) is 24.5 Å². The Hall–Kier alpha value is -3.55. The average Bonchev–Trinajstić information content (AvgIpc) is 3.58. The van der Waals surface area contributed by atoms with Crippen LogP contribution in [0.25, 0.3) is 33.5 Å². The maximum atomic E-state index is 4.94. The van der Waals surface area contributed by atoms with Gasteiger partial charge in [-0.25, -0.2) is 19.2 Å². The average molecular weight is 456 g/mol. The van der Waals surface area contributed by atoms with Gasteiger partial charge in [-0.15, -0.1) is 0 Å². The van der Waals surface area contributed by atoms with Crippen LogP contribution < -0.4 is 4.90 Å². The summed E-state index contributed by atoms with van der Waals surface area (Å²) in [4.78, 5) is 11.8. The van der Waals surface area contributed by atoms with Gasteiger partial charge in [-0.05, 0) is 13.3 Å². The summed E-state index contributed by atoms with van der Waals surface area (Å²) >= 11 is 0. The minimum absolute atomic E-state index is 0.548. The van der Waals surface area contributed by atoms with E-state index in [1.165, 1.54) is 31.4 Å². The Morgan fingerprint density at radius 1 is 1.03 bits per heavy atom. The zero-order chi connectivity index (χ0) is 23.2. The summed E-state index contributed by atoms with van der Waals surface area (Å²) in [6.45, 7) is 5.25. The van der Waals surface area contributed by atoms with E-state index in [1.54, 1.807) is 6.33 Å². The Balaban J connectivity index is 1.45. The van der Waals surface area contributed by atoms with Crippen molar-refractivity contribution >= 4 is 23.1 Å². The Labute approximate surface area is 199 Å². The summed E-state index contributed by atoms with van der Waals surface area (Å²) in [7, 11) is 3.95. The smallest absolute Gasteiger partial charge is 0.171 e. The summed E-state index contributed by atoms with van der Waals surface area (Å²) in [5, 5.41) is 10.6. The first kappa shape index (κ1) is 21.0. The lowest BCUT2D eigenvalue weighted by Crippen LogP contribution is -2.33. The fraction of sp³-hybridized carbons (Fsp3) is 0.423. The molecular weight excluding hydrogens is 424 g/mol. The second-order valence-corrected chi connectivity index (χ2v) is 9.57. The van der Waals surface area contributed by atoms with Crippen molar-refractivity contribution in [3.8, 4) is 22.5 Å². The van der Waals surface area contributed by atoms with E-state index in [0.717, 1.165) is 58.9 Å². The molecule has 2 aliphatic heterocycles. The van der Waals surface area contributed by atoms with Crippen LogP contribution in [0.2, 0.25) is 0 Å². The predicted molar refractivity (Wildman–Crippen MR) is 134 cm³/mol. The van der Waals surface area contributed by atoms with E-state index < -0.39 is 0 Å². The third kappa shape index (κ3) is 3.48. The molecule has 0 spiro atoms. The topological polar surface area (TPSA) is 67.7 Å². The largest absolute Gasteiger partial charge is 0.349 e. The van der Waals surface area contributed by atoms with Gasteiger partial charge in [0, 0.05) is 51.0 Å². The highest BCUT2D eigenvalue weighted by atomic mass is 15.3. The standard InChI is InChI=1S/C26H31N8/c1-18-7-9-19(10-8-18)24-21(15-29-31(24)2)23-22-25(32(3)30-23)27-17-28-26(22)34-14-11-20(16-34)33-12-5-4-6-13-33/h7-10,12,15,17,20H,4-6,11,13-14,16H2,1-3H3/q+1/t20-/m0/s1. The SMILES string of the molecule is Cc1ccc(-c2c(-c3nn(C)c4ncnc(N5CC[C@H]([N+]6=CCCCC6)C5)c34)cnn2C)cc1. The number of hydrogen-bond acceptors (Lipinski definition) is 5. The van der Waals surface area contributed by atoms with Crippen molar-refractivity contribution in [2.24, 2.45) is 14.1 Å². The summed E-state index contributed by atoms with van der Waals surface area (Å²) in [5.74, 6) is 0.978. The summed E-state index contributed by atoms with van der Waals surface area (Å²) in [6, 6.07) is 9.13. The van der Waals surface area contributed by atoms with E-state index in [4.69, 9.17) is 10.1 Å². The van der Waals surface area contributed by atoms with Crippen molar-refractivity contribution in [1.82, 2.24) is 29.5 Å². The third-order valence-electron chi connectivity index (χ3n) is 7.29. The van der Waals surface area contributed by atoms with E-state index in [2.05, 4.69) is 57.0 Å². The third-order valence-corrected chi connectivity index (χ3v) is 7.29. The molecule has 34 heavy (non-hydrogen) atoms. The van der Waals surface area contributed by atoms with Crippen LogP contribution in [0, 0.1) is 6.92 Å². The van der Waals surface area contributed by atoms with E-state index in [9.17, 15) is 0 Å². The highest BCUT2D eigenvalue weighted by molar-refractivity contribution is 6.01. The first-order chi connectivity index (χ1) is 16.6. The number of aryl methyl sites for hydroxylation is 3. The van der Waals surface area contributed by atoms with Crippen molar-refractivity contribution in [3.05, 3.63) is 42.4 Å². The van der Waals surface area contributed by atoms with E-state index >= 15 is 0 Å². The number of fused-ring (bicyclic) bond motifs is 1. The van der Waals surface area contributed by atoms with Crippen LogP contribution in [-0.4, -0.2) is 66.0 Å². The van der Waals surface area contributed by atoms with Crippen LogP contribution >= 0.6 is 0 Å². The second kappa shape index (κ2) is 8.34. The number of benzene rings is 1. The number of rotatable bonds is 4. The van der Waals surface area contributed by atoms with Crippen molar-refractivity contribution in [1.29, 1.82) is 0 Å². The van der Waals surface area contributed by atoms with E-state index in [1.807, 2.05) is 29.7 Å². The summed E-state index contributed by atoms with van der Waals surface area (Å²) in [6.07, 6.45) is 11.0. The maximum Gasteiger partial charge on any atom is 0.171 e. The van der Waals surface area contributed by atoms with Gasteiger partial charge in [0.1, 0.15) is 30.6 Å². The molecule has 1 aromatic carbocycles. The van der Waals surface area contributed by atoms with E-state index in [0.29, 0.717) is 6.04 Å². The number of nitrogens with zero attached hydrogens (tertiary/aromatic N) is 8. The normalized spacial score (nSPS) is 18.6. The molecule has 1 atom stereocenters. The second-order valence-electron chi connectivity index (χ2n) is 9.57. The van der Waals surface area contributed by atoms with Gasteiger partial charge in [-0.1, -0.05) is 29.8 Å². The molecule has 3 aromatic heterocycles. The van der Waals surface area contributed by atoms with Crippen molar-refractivity contribution in [2.45, 2.75) is 38.6 Å². The molecule has 2 aliphatic rings. The molecule has 0 saturated carbocycles. The van der Waals surface area contributed by atoms with Crippen LogP contribution in [0.15, 0.2) is 36.8 Å². The van der Waals surface area contributed by atoms with Gasteiger partial charge in [-0.2, -0.15) is 10.2 Å². The molecule has 8 nitrogen and oxygen atoms in total. The number of aromatic nitrogens is 6. The zero-order valence-electron chi connectivity index (χ0n) is 20.1. The van der Waals surface area contributed by atoms with Crippen molar-refractivity contribution in [3.63, 3.8) is 0 Å². The molecule has 4 aromatic rings. The minimum Gasteiger partial charge on any atom is -0.349 e. The molecule has 0 aliphatic carbocycles. The van der Waals surface area contributed by atoms with Crippen molar-refractivity contribution < 1.29 is 4.58 Å². The molecule has 174 valence electrons. The van der Waals surface area contributed by atoms with Crippen LogP contribution in [0.1, 0.15) is 31.2 Å². The van der Waals surface area contributed by atoms with Gasteiger partial charge in [0.25, 0.3) is 0 Å². The molecule has 8 heteroatoms. The van der Waals surface area contributed by atoms with Gasteiger partial charge < -0.3 is 4.90 Å². The van der Waals surface area contributed by atoms with Crippen LogP contribution in [0.5, 0.6) is 0 Å². The van der Waals surface area contributed by atoms with Gasteiger partial charge in [0.2, 0.25) is 0 Å². The Kier molecular flexibility index (Phi) is 5.16. The molecular formula is C26H31N8+. The first-order valence-corrected chi connectivity index (χ1v) is 12.2. The number of hydrogen-bond donors (Lipinski definition) is 0. The van der Waals surface area contributed by atoms with Gasteiger partial charge in [0.05, 0.1) is 23.8 Å². The Morgan fingerprint density at radius 2 is 1.88 bits per heavy atom. The predicted octanol–water partition coefficient (Wildman–Crippen LogP) is 3.59. The lowest BCUT2D eigenvalue weighted by atomic mass is 10.0. The molecule has 5 heterocycles. The maximum absolute atomic E-state index is 4.94. The van der Waals surface area contributed by atoms with Crippen LogP contribution in [0.4, 0.5) is 5.82 Å². The van der Waals surface area contributed by atoms with E-state index in [-0.39, 0.29) is 0 Å². The highest BCUT2D eigenvalue weighted by Gasteiger charge is 2.34. The zero-order valence-corrected chi connectivity index (χ0v) is 20.1. The minimum atomic E-state index is 0.548. The van der Waals surface area contributed by atoms with Gasteiger partial charge >= 0.3 is 0 Å². The molecule has 0 N–H and O–H groups in total. The Morgan fingerprint density at radius 3 is 2.68 bits per heavy atom. The molecule has 1 saturated heterocycles. The summed E-state index contributed by atoms with van der Waals surface area (Å²) < 4.78 is 6.36. The molecule has 0 unspecified atom stereocenters. The van der Waals surface area contributed by atoms with Crippen LogP contribution in [-0.2, 0) is 14.1 Å². The summed E-state index contributed by atoms with van der Waals surface area (Å²) in [5.41, 5.74) is 6.17. The van der Waals surface area contributed by atoms with Gasteiger partial charge in [-0.3, -0.25) is 4.68 Å². The molecule has 0 bridgehead atoms. The monoisotopic (exact) mass is 455 g/mol.